The van der Waals surface area contributed by atoms with Gasteiger partial charge in [0, 0.05) is 6.92 Å². The molecule has 0 N–H and O–H groups in total. The summed E-state index contributed by atoms with van der Waals surface area (Å²) in [5.41, 5.74) is -0.560. The Labute approximate surface area is 95.3 Å². The third kappa shape index (κ3) is 1.70. The first kappa shape index (κ1) is 11.4. The van der Waals surface area contributed by atoms with Gasteiger partial charge in [-0.25, -0.2) is 0 Å². The molecule has 3 fully saturated rings. The van der Waals surface area contributed by atoms with Gasteiger partial charge in [0.05, 0.1) is 7.11 Å². The summed E-state index contributed by atoms with van der Waals surface area (Å²) in [7, 11) is 1.41. The molecule has 0 radical (unpaired) electrons. The van der Waals surface area contributed by atoms with Crippen LogP contribution in [0.3, 0.4) is 0 Å². The van der Waals surface area contributed by atoms with Crippen LogP contribution in [0.4, 0.5) is 0 Å². The number of hydrogen-bond acceptors (Lipinski definition) is 4. The Morgan fingerprint density at radius 1 is 1.25 bits per heavy atom. The Kier molecular flexibility index (Phi) is 2.91. The van der Waals surface area contributed by atoms with Gasteiger partial charge in [0.2, 0.25) is 0 Å². The third-order valence-electron chi connectivity index (χ3n) is 4.06. The molecule has 0 aliphatic heterocycles. The number of rotatable bonds is 2. The number of fused-ring (bicyclic) bond motifs is 3. The van der Waals surface area contributed by atoms with Crippen LogP contribution in [0, 0.1) is 11.3 Å². The van der Waals surface area contributed by atoms with E-state index in [0.717, 1.165) is 32.1 Å². The summed E-state index contributed by atoms with van der Waals surface area (Å²) in [5, 5.41) is 0. The number of esters is 2. The molecule has 4 heteroatoms. The lowest BCUT2D eigenvalue weighted by molar-refractivity contribution is -0.184. The fourth-order valence-corrected chi connectivity index (χ4v) is 3.18. The minimum atomic E-state index is -0.560. The summed E-state index contributed by atoms with van der Waals surface area (Å²) in [6.45, 7) is 1.40. The molecule has 3 aliphatic rings. The predicted molar refractivity (Wildman–Crippen MR) is 56.6 cm³/mol. The number of ether oxygens (including phenoxy) is 2. The maximum Gasteiger partial charge on any atom is 0.315 e. The standard InChI is InChI=1S/C12H18O4/c1-8(13)16-10-7-9-3-5-12(10,6-4-9)11(14)15-2/h9-10H,3-7H2,1-2H3. The lowest BCUT2D eigenvalue weighted by atomic mass is 9.59. The Morgan fingerprint density at radius 2 is 1.88 bits per heavy atom. The van der Waals surface area contributed by atoms with Crippen molar-refractivity contribution in [3.8, 4) is 0 Å². The molecule has 0 spiro atoms. The smallest absolute Gasteiger partial charge is 0.315 e. The first-order chi connectivity index (χ1) is 7.58. The van der Waals surface area contributed by atoms with E-state index in [4.69, 9.17) is 9.47 Å². The van der Waals surface area contributed by atoms with Gasteiger partial charge in [-0.1, -0.05) is 0 Å². The van der Waals surface area contributed by atoms with Gasteiger partial charge < -0.3 is 9.47 Å². The Morgan fingerprint density at radius 3 is 2.38 bits per heavy atom. The molecule has 0 aromatic rings. The van der Waals surface area contributed by atoms with E-state index < -0.39 is 5.41 Å². The number of hydrogen-bond donors (Lipinski definition) is 0. The summed E-state index contributed by atoms with van der Waals surface area (Å²) >= 11 is 0. The zero-order valence-corrected chi connectivity index (χ0v) is 9.82. The van der Waals surface area contributed by atoms with E-state index in [2.05, 4.69) is 0 Å². The predicted octanol–water partition coefficient (Wildman–Crippen LogP) is 1.67. The highest BCUT2D eigenvalue weighted by molar-refractivity contribution is 5.78. The average Bonchev–Trinajstić information content (AvgIpc) is 2.29. The van der Waals surface area contributed by atoms with Crippen LogP contribution in [-0.2, 0) is 19.1 Å². The van der Waals surface area contributed by atoms with E-state index >= 15 is 0 Å². The van der Waals surface area contributed by atoms with Crippen molar-refractivity contribution in [2.75, 3.05) is 7.11 Å². The molecule has 0 heterocycles. The van der Waals surface area contributed by atoms with Crippen molar-refractivity contribution in [2.45, 2.75) is 45.1 Å². The van der Waals surface area contributed by atoms with Crippen molar-refractivity contribution < 1.29 is 19.1 Å². The summed E-state index contributed by atoms with van der Waals surface area (Å²) in [6, 6.07) is 0. The van der Waals surface area contributed by atoms with Gasteiger partial charge in [-0.3, -0.25) is 9.59 Å². The topological polar surface area (TPSA) is 52.6 Å². The van der Waals surface area contributed by atoms with Gasteiger partial charge in [-0.05, 0) is 38.0 Å². The van der Waals surface area contributed by atoms with E-state index in [0.29, 0.717) is 5.92 Å². The van der Waals surface area contributed by atoms with E-state index in [1.54, 1.807) is 0 Å². The van der Waals surface area contributed by atoms with Gasteiger partial charge in [-0.2, -0.15) is 0 Å². The first-order valence-electron chi connectivity index (χ1n) is 5.84. The monoisotopic (exact) mass is 226 g/mol. The van der Waals surface area contributed by atoms with Crippen LogP contribution in [-0.4, -0.2) is 25.2 Å². The molecule has 3 saturated carbocycles. The summed E-state index contributed by atoms with van der Waals surface area (Å²) in [6.07, 6.45) is 4.23. The van der Waals surface area contributed by atoms with Gasteiger partial charge >= 0.3 is 11.9 Å². The molecule has 0 aromatic carbocycles. The van der Waals surface area contributed by atoms with Crippen LogP contribution in [0.1, 0.15) is 39.0 Å². The third-order valence-corrected chi connectivity index (χ3v) is 4.06. The van der Waals surface area contributed by atoms with E-state index in [-0.39, 0.29) is 18.0 Å². The summed E-state index contributed by atoms with van der Waals surface area (Å²) < 4.78 is 10.2. The SMILES string of the molecule is COC(=O)C12CCC(CC1)CC2OC(C)=O. The zero-order valence-electron chi connectivity index (χ0n) is 9.82. The largest absolute Gasteiger partial charge is 0.468 e. The fourth-order valence-electron chi connectivity index (χ4n) is 3.18. The molecule has 1 atom stereocenters. The maximum absolute atomic E-state index is 11.9. The molecule has 90 valence electrons. The van der Waals surface area contributed by atoms with Crippen LogP contribution >= 0.6 is 0 Å². The molecule has 0 aromatic heterocycles. The van der Waals surface area contributed by atoms with Crippen molar-refractivity contribution in [3.63, 3.8) is 0 Å². The minimum absolute atomic E-state index is 0.211. The van der Waals surface area contributed by atoms with E-state index in [9.17, 15) is 9.59 Å². The maximum atomic E-state index is 11.9. The zero-order chi connectivity index (χ0) is 11.8. The molecule has 3 rings (SSSR count). The van der Waals surface area contributed by atoms with Crippen molar-refractivity contribution in [1.29, 1.82) is 0 Å². The van der Waals surface area contributed by atoms with E-state index in [1.165, 1.54) is 14.0 Å². The molecule has 2 bridgehead atoms. The molecule has 4 nitrogen and oxygen atoms in total. The average molecular weight is 226 g/mol. The van der Waals surface area contributed by atoms with Gasteiger partial charge in [0.25, 0.3) is 0 Å². The molecular weight excluding hydrogens is 208 g/mol. The second-order valence-corrected chi connectivity index (χ2v) is 4.92. The summed E-state index contributed by atoms with van der Waals surface area (Å²) in [4.78, 5) is 23.0. The molecule has 0 amide bonds. The lowest BCUT2D eigenvalue weighted by Gasteiger charge is -2.48. The number of carbonyl (C=O) groups is 2. The Bertz CT molecular complexity index is 302. The molecule has 0 saturated heterocycles. The molecule has 3 aliphatic carbocycles. The first-order valence-corrected chi connectivity index (χ1v) is 5.84. The second-order valence-electron chi connectivity index (χ2n) is 4.92. The van der Waals surface area contributed by atoms with Crippen LogP contribution < -0.4 is 0 Å². The molecule has 16 heavy (non-hydrogen) atoms. The number of carbonyl (C=O) groups excluding carboxylic acids is 2. The Hall–Kier alpha value is -1.06. The fraction of sp³-hybridized carbons (Fsp3) is 0.833. The molecular formula is C12H18O4. The number of methoxy groups -OCH3 is 1. The lowest BCUT2D eigenvalue weighted by Crippen LogP contribution is -2.52. The quantitative estimate of drug-likeness (QED) is 0.672. The van der Waals surface area contributed by atoms with Gasteiger partial charge in [0.1, 0.15) is 11.5 Å². The highest BCUT2D eigenvalue weighted by atomic mass is 16.6. The van der Waals surface area contributed by atoms with Crippen molar-refractivity contribution in [3.05, 3.63) is 0 Å². The van der Waals surface area contributed by atoms with Crippen molar-refractivity contribution in [2.24, 2.45) is 11.3 Å². The van der Waals surface area contributed by atoms with Crippen LogP contribution in [0.2, 0.25) is 0 Å². The van der Waals surface area contributed by atoms with E-state index in [1.807, 2.05) is 0 Å². The second kappa shape index (κ2) is 4.07. The highest BCUT2D eigenvalue weighted by Gasteiger charge is 2.55. The van der Waals surface area contributed by atoms with Crippen molar-refractivity contribution in [1.82, 2.24) is 0 Å². The van der Waals surface area contributed by atoms with Crippen LogP contribution in [0.25, 0.3) is 0 Å². The Balaban J connectivity index is 2.22. The minimum Gasteiger partial charge on any atom is -0.468 e. The van der Waals surface area contributed by atoms with Crippen molar-refractivity contribution >= 4 is 11.9 Å². The highest BCUT2D eigenvalue weighted by Crippen LogP contribution is 2.52. The van der Waals surface area contributed by atoms with Crippen LogP contribution in [0.5, 0.6) is 0 Å². The van der Waals surface area contributed by atoms with Crippen LogP contribution in [0.15, 0.2) is 0 Å². The van der Waals surface area contributed by atoms with Gasteiger partial charge in [0.15, 0.2) is 0 Å². The van der Waals surface area contributed by atoms with Gasteiger partial charge in [-0.15, -0.1) is 0 Å². The molecule has 1 unspecified atom stereocenters. The normalized spacial score (nSPS) is 36.9. The summed E-state index contributed by atoms with van der Waals surface area (Å²) in [5.74, 6) is 0.0913.